The Bertz CT molecular complexity index is 914. The first-order valence-electron chi connectivity index (χ1n) is 9.05. The SMILES string of the molecule is CC1=CC[C@@H](C(=O)NN2C(=O)c3ccccc3C2=O)[C@H](c2ccccc2)C1. The minimum atomic E-state index is -0.484. The van der Waals surface area contributed by atoms with Gasteiger partial charge in [0.15, 0.2) is 0 Å². The molecule has 0 saturated heterocycles. The number of rotatable bonds is 3. The number of benzene rings is 2. The van der Waals surface area contributed by atoms with Crippen molar-refractivity contribution >= 4 is 17.7 Å². The van der Waals surface area contributed by atoms with E-state index in [1.54, 1.807) is 24.3 Å². The molecule has 2 atom stereocenters. The number of hydrogen-bond acceptors (Lipinski definition) is 3. The molecule has 0 fully saturated rings. The summed E-state index contributed by atoms with van der Waals surface area (Å²) in [7, 11) is 0. The van der Waals surface area contributed by atoms with E-state index in [1.807, 2.05) is 30.3 Å². The zero-order chi connectivity index (χ0) is 19.0. The number of amides is 3. The van der Waals surface area contributed by atoms with Gasteiger partial charge in [-0.1, -0.05) is 54.1 Å². The molecule has 0 radical (unpaired) electrons. The van der Waals surface area contributed by atoms with Gasteiger partial charge in [-0.3, -0.25) is 19.8 Å². The fourth-order valence-electron chi connectivity index (χ4n) is 3.89. The van der Waals surface area contributed by atoms with E-state index in [0.717, 1.165) is 17.0 Å². The van der Waals surface area contributed by atoms with Crippen LogP contribution in [0.15, 0.2) is 66.2 Å². The minimum Gasteiger partial charge on any atom is -0.273 e. The van der Waals surface area contributed by atoms with Gasteiger partial charge in [-0.2, -0.15) is 5.01 Å². The maximum atomic E-state index is 13.0. The average Bonchev–Trinajstić information content (AvgIpc) is 2.94. The highest BCUT2D eigenvalue weighted by molar-refractivity contribution is 6.21. The van der Waals surface area contributed by atoms with E-state index in [9.17, 15) is 14.4 Å². The third kappa shape index (κ3) is 3.05. The summed E-state index contributed by atoms with van der Waals surface area (Å²) in [5.41, 5.74) is 5.55. The van der Waals surface area contributed by atoms with Gasteiger partial charge in [0.05, 0.1) is 17.0 Å². The molecule has 5 heteroatoms. The number of carbonyl (C=O) groups is 3. The summed E-state index contributed by atoms with van der Waals surface area (Å²) < 4.78 is 0. The van der Waals surface area contributed by atoms with Gasteiger partial charge >= 0.3 is 0 Å². The number of hydrazine groups is 1. The van der Waals surface area contributed by atoms with Crippen molar-refractivity contribution in [1.29, 1.82) is 0 Å². The minimum absolute atomic E-state index is 0.0198. The van der Waals surface area contributed by atoms with Gasteiger partial charge in [-0.25, -0.2) is 0 Å². The number of allylic oxidation sites excluding steroid dienone is 2. The first-order chi connectivity index (χ1) is 13.1. The van der Waals surface area contributed by atoms with Crippen LogP contribution in [-0.4, -0.2) is 22.7 Å². The molecule has 3 amide bonds. The summed E-state index contributed by atoms with van der Waals surface area (Å²) in [6.07, 6.45) is 3.43. The van der Waals surface area contributed by atoms with E-state index in [0.29, 0.717) is 17.5 Å². The topological polar surface area (TPSA) is 66.5 Å². The summed E-state index contributed by atoms with van der Waals surface area (Å²) in [6.45, 7) is 2.06. The first kappa shape index (κ1) is 17.2. The molecule has 2 aromatic rings. The van der Waals surface area contributed by atoms with E-state index < -0.39 is 11.8 Å². The summed E-state index contributed by atoms with van der Waals surface area (Å²) in [5.74, 6) is -1.58. The Morgan fingerprint density at radius 2 is 1.56 bits per heavy atom. The fourth-order valence-corrected chi connectivity index (χ4v) is 3.89. The zero-order valence-electron chi connectivity index (χ0n) is 15.0. The van der Waals surface area contributed by atoms with Gasteiger partial charge in [-0.15, -0.1) is 0 Å². The number of fused-ring (bicyclic) bond motifs is 1. The van der Waals surface area contributed by atoms with E-state index in [2.05, 4.69) is 18.4 Å². The van der Waals surface area contributed by atoms with Crippen molar-refractivity contribution in [2.24, 2.45) is 5.92 Å². The highest BCUT2D eigenvalue weighted by Crippen LogP contribution is 2.37. The van der Waals surface area contributed by atoms with E-state index in [-0.39, 0.29) is 17.7 Å². The normalized spacial score (nSPS) is 21.7. The van der Waals surface area contributed by atoms with E-state index in [4.69, 9.17) is 0 Å². The second-order valence-corrected chi connectivity index (χ2v) is 7.08. The van der Waals surface area contributed by atoms with Gasteiger partial charge in [0.2, 0.25) is 5.91 Å². The second kappa shape index (κ2) is 6.83. The monoisotopic (exact) mass is 360 g/mol. The highest BCUT2D eigenvalue weighted by Gasteiger charge is 2.39. The number of hydrogen-bond donors (Lipinski definition) is 1. The molecule has 1 heterocycles. The van der Waals surface area contributed by atoms with E-state index in [1.165, 1.54) is 5.57 Å². The molecule has 1 aliphatic carbocycles. The third-order valence-corrected chi connectivity index (χ3v) is 5.33. The lowest BCUT2D eigenvalue weighted by Crippen LogP contribution is -2.49. The van der Waals surface area contributed by atoms with Crippen molar-refractivity contribution in [3.63, 3.8) is 0 Å². The maximum absolute atomic E-state index is 13.0. The molecule has 2 aliphatic rings. The second-order valence-electron chi connectivity index (χ2n) is 7.08. The Balaban J connectivity index is 1.57. The molecule has 0 spiro atoms. The molecule has 4 rings (SSSR count). The molecule has 27 heavy (non-hydrogen) atoms. The van der Waals surface area contributed by atoms with Crippen molar-refractivity contribution in [2.75, 3.05) is 0 Å². The molecule has 0 aromatic heterocycles. The predicted molar refractivity (Wildman–Crippen MR) is 101 cm³/mol. The molecular weight excluding hydrogens is 340 g/mol. The molecule has 0 saturated carbocycles. The fraction of sp³-hybridized carbons (Fsp3) is 0.227. The molecule has 5 nitrogen and oxygen atoms in total. The first-order valence-corrected chi connectivity index (χ1v) is 9.05. The van der Waals surface area contributed by atoms with Crippen LogP contribution < -0.4 is 5.43 Å². The van der Waals surface area contributed by atoms with Crippen molar-refractivity contribution in [2.45, 2.75) is 25.7 Å². The lowest BCUT2D eigenvalue weighted by atomic mass is 9.75. The Kier molecular flexibility index (Phi) is 4.36. The van der Waals surface area contributed by atoms with Gasteiger partial charge in [0.1, 0.15) is 0 Å². The van der Waals surface area contributed by atoms with Crippen LogP contribution in [0.2, 0.25) is 0 Å². The summed E-state index contributed by atoms with van der Waals surface area (Å²) >= 11 is 0. The van der Waals surface area contributed by atoms with Crippen LogP contribution >= 0.6 is 0 Å². The molecular formula is C22H20N2O3. The molecule has 136 valence electrons. The van der Waals surface area contributed by atoms with Crippen molar-refractivity contribution < 1.29 is 14.4 Å². The Morgan fingerprint density at radius 3 is 2.19 bits per heavy atom. The molecule has 1 aliphatic heterocycles. The van der Waals surface area contributed by atoms with Gasteiger partial charge < -0.3 is 0 Å². The van der Waals surface area contributed by atoms with Crippen LogP contribution in [0.4, 0.5) is 0 Å². The van der Waals surface area contributed by atoms with Crippen LogP contribution in [-0.2, 0) is 4.79 Å². The summed E-state index contributed by atoms with van der Waals surface area (Å²) in [6, 6.07) is 16.5. The molecule has 1 N–H and O–H groups in total. The number of imide groups is 1. The number of nitrogens with one attached hydrogen (secondary N) is 1. The predicted octanol–water partition coefficient (Wildman–Crippen LogP) is 3.45. The quantitative estimate of drug-likeness (QED) is 0.673. The molecule has 2 aromatic carbocycles. The third-order valence-electron chi connectivity index (χ3n) is 5.33. The van der Waals surface area contributed by atoms with Crippen LogP contribution in [0.3, 0.4) is 0 Å². The maximum Gasteiger partial charge on any atom is 0.280 e. The number of carbonyl (C=O) groups excluding carboxylic acids is 3. The Hall–Kier alpha value is -3.21. The van der Waals surface area contributed by atoms with Crippen LogP contribution in [0.5, 0.6) is 0 Å². The lowest BCUT2D eigenvalue weighted by Gasteiger charge is -2.31. The zero-order valence-corrected chi connectivity index (χ0v) is 15.0. The van der Waals surface area contributed by atoms with Gasteiger partial charge in [0, 0.05) is 0 Å². The number of nitrogens with zero attached hydrogens (tertiary/aromatic N) is 1. The smallest absolute Gasteiger partial charge is 0.273 e. The molecule has 0 unspecified atom stereocenters. The van der Waals surface area contributed by atoms with Gasteiger partial charge in [-0.05, 0) is 43.4 Å². The van der Waals surface area contributed by atoms with Crippen molar-refractivity contribution in [1.82, 2.24) is 10.4 Å². The highest BCUT2D eigenvalue weighted by atomic mass is 16.2. The van der Waals surface area contributed by atoms with Crippen molar-refractivity contribution in [3.05, 3.63) is 82.9 Å². The standard InChI is InChI=1S/C22H20N2O3/c1-14-11-12-16(19(13-14)15-7-3-2-4-8-15)20(25)23-24-21(26)17-9-5-6-10-18(17)22(24)27/h2-11,16,19H,12-13H2,1H3,(H,23,25)/t16-,19+/m1/s1. The average molecular weight is 360 g/mol. The van der Waals surface area contributed by atoms with E-state index >= 15 is 0 Å². The summed E-state index contributed by atoms with van der Waals surface area (Å²) in [4.78, 5) is 38.0. The summed E-state index contributed by atoms with van der Waals surface area (Å²) in [5, 5.41) is 0.847. The van der Waals surface area contributed by atoms with Crippen LogP contribution in [0.25, 0.3) is 0 Å². The van der Waals surface area contributed by atoms with Crippen LogP contribution in [0, 0.1) is 5.92 Å². The van der Waals surface area contributed by atoms with Crippen molar-refractivity contribution in [3.8, 4) is 0 Å². The largest absolute Gasteiger partial charge is 0.280 e. The van der Waals surface area contributed by atoms with Crippen LogP contribution in [0.1, 0.15) is 52.0 Å². The Labute approximate surface area is 157 Å². The molecule has 0 bridgehead atoms. The van der Waals surface area contributed by atoms with Gasteiger partial charge in [0.25, 0.3) is 11.8 Å². The lowest BCUT2D eigenvalue weighted by molar-refractivity contribution is -0.129. The Morgan fingerprint density at radius 1 is 0.963 bits per heavy atom.